The zero-order valence-corrected chi connectivity index (χ0v) is 23.7. The first-order valence-electron chi connectivity index (χ1n) is 14.1. The van der Waals surface area contributed by atoms with E-state index in [2.05, 4.69) is 35.5 Å². The second kappa shape index (κ2) is 12.7. The highest BCUT2D eigenvalue weighted by Crippen LogP contribution is 2.36. The van der Waals surface area contributed by atoms with E-state index in [1.54, 1.807) is 55.8 Å². The molecule has 1 amide bonds. The van der Waals surface area contributed by atoms with E-state index in [9.17, 15) is 9.18 Å². The van der Waals surface area contributed by atoms with Gasteiger partial charge in [0.25, 0.3) is 0 Å². The fourth-order valence-corrected chi connectivity index (χ4v) is 4.77. The molecule has 43 heavy (non-hydrogen) atoms. The number of carbonyl (C=O) groups excluding carboxylic acids is 1. The zero-order valence-electron chi connectivity index (χ0n) is 23.7. The molecule has 1 fully saturated rings. The topological polar surface area (TPSA) is 143 Å². The normalized spacial score (nSPS) is 20.3. The lowest BCUT2D eigenvalue weighted by Crippen LogP contribution is -2.45. The SMILES string of the molecule is CC1(C(=O)Nc2ccncc2)COC(c2nc(-c3ccc(F)cc3)c(-c3ccnc(NCCCN4CC=NC4)n3)[nH]2)OC1. The summed E-state index contributed by atoms with van der Waals surface area (Å²) in [6.07, 6.45) is 6.90. The van der Waals surface area contributed by atoms with Gasteiger partial charge >= 0.3 is 0 Å². The van der Waals surface area contributed by atoms with Crippen molar-refractivity contribution in [1.82, 2.24) is 29.8 Å². The molecule has 12 nitrogen and oxygen atoms in total. The first-order chi connectivity index (χ1) is 21.0. The average molecular weight is 586 g/mol. The van der Waals surface area contributed by atoms with E-state index < -0.39 is 11.7 Å². The second-order valence-electron chi connectivity index (χ2n) is 10.7. The number of benzene rings is 1. The number of imidazole rings is 1. The Kier molecular flexibility index (Phi) is 8.45. The van der Waals surface area contributed by atoms with Gasteiger partial charge in [-0.3, -0.25) is 19.7 Å². The summed E-state index contributed by atoms with van der Waals surface area (Å²) in [6, 6.07) is 11.3. The lowest BCUT2D eigenvalue weighted by molar-refractivity contribution is -0.229. The minimum absolute atomic E-state index is 0.113. The van der Waals surface area contributed by atoms with Gasteiger partial charge in [-0.05, 0) is 55.8 Å². The molecule has 0 atom stereocenters. The predicted octanol–water partition coefficient (Wildman–Crippen LogP) is 3.90. The number of amides is 1. The number of ether oxygens (including phenoxy) is 2. The van der Waals surface area contributed by atoms with Crippen LogP contribution in [-0.4, -0.2) is 81.5 Å². The Balaban J connectivity index is 1.18. The number of nitrogens with one attached hydrogen (secondary N) is 3. The van der Waals surface area contributed by atoms with Crippen molar-refractivity contribution in [1.29, 1.82) is 0 Å². The Morgan fingerprint density at radius 1 is 1.09 bits per heavy atom. The maximum Gasteiger partial charge on any atom is 0.235 e. The van der Waals surface area contributed by atoms with Crippen LogP contribution in [0.4, 0.5) is 16.0 Å². The van der Waals surface area contributed by atoms with E-state index >= 15 is 0 Å². The fourth-order valence-electron chi connectivity index (χ4n) is 4.77. The van der Waals surface area contributed by atoms with E-state index in [1.807, 2.05) is 6.21 Å². The molecule has 4 aromatic rings. The van der Waals surface area contributed by atoms with E-state index in [0.717, 1.165) is 26.2 Å². The summed E-state index contributed by atoms with van der Waals surface area (Å²) in [6.45, 7) is 5.27. The Labute approximate surface area is 247 Å². The van der Waals surface area contributed by atoms with E-state index in [4.69, 9.17) is 19.4 Å². The number of nitrogens with zero attached hydrogens (tertiary/aromatic N) is 6. The molecule has 0 bridgehead atoms. The highest BCUT2D eigenvalue weighted by Gasteiger charge is 2.41. The Hall–Kier alpha value is -4.59. The van der Waals surface area contributed by atoms with Crippen LogP contribution in [0.3, 0.4) is 0 Å². The maximum atomic E-state index is 13.8. The number of hydrogen-bond acceptors (Lipinski definition) is 10. The molecule has 0 radical (unpaired) electrons. The molecule has 2 aliphatic heterocycles. The summed E-state index contributed by atoms with van der Waals surface area (Å²) < 4.78 is 25.8. The van der Waals surface area contributed by atoms with Gasteiger partial charge in [0.05, 0.1) is 42.4 Å². The van der Waals surface area contributed by atoms with Crippen LogP contribution in [0.2, 0.25) is 0 Å². The number of aromatic nitrogens is 5. The summed E-state index contributed by atoms with van der Waals surface area (Å²) in [7, 11) is 0. The molecule has 0 unspecified atom stereocenters. The Morgan fingerprint density at radius 2 is 1.88 bits per heavy atom. The minimum Gasteiger partial charge on any atom is -0.354 e. The van der Waals surface area contributed by atoms with Crippen LogP contribution in [0.25, 0.3) is 22.6 Å². The molecule has 1 aromatic carbocycles. The van der Waals surface area contributed by atoms with Crippen molar-refractivity contribution in [3.63, 3.8) is 0 Å². The summed E-state index contributed by atoms with van der Waals surface area (Å²) in [5.41, 5.74) is 2.19. The van der Waals surface area contributed by atoms with Crippen molar-refractivity contribution in [2.24, 2.45) is 10.4 Å². The van der Waals surface area contributed by atoms with E-state index in [1.165, 1.54) is 12.1 Å². The molecule has 3 aromatic heterocycles. The van der Waals surface area contributed by atoms with Gasteiger partial charge in [0.2, 0.25) is 18.1 Å². The van der Waals surface area contributed by atoms with Gasteiger partial charge < -0.3 is 25.1 Å². The number of anilines is 2. The molecule has 1 saturated heterocycles. The third-order valence-corrected chi connectivity index (χ3v) is 7.25. The molecular weight excluding hydrogens is 553 g/mol. The number of halogens is 1. The molecule has 3 N–H and O–H groups in total. The first kappa shape index (κ1) is 28.5. The monoisotopic (exact) mass is 585 g/mol. The maximum absolute atomic E-state index is 13.8. The molecule has 0 aliphatic carbocycles. The van der Waals surface area contributed by atoms with Crippen molar-refractivity contribution < 1.29 is 18.7 Å². The average Bonchev–Trinajstić information content (AvgIpc) is 3.72. The summed E-state index contributed by atoms with van der Waals surface area (Å²) >= 11 is 0. The van der Waals surface area contributed by atoms with Gasteiger partial charge in [0.1, 0.15) is 5.82 Å². The number of rotatable bonds is 10. The number of aromatic amines is 1. The number of pyridine rings is 1. The molecular formula is C30H32FN9O3. The lowest BCUT2D eigenvalue weighted by atomic mass is 9.91. The van der Waals surface area contributed by atoms with Crippen molar-refractivity contribution in [3.8, 4) is 22.6 Å². The molecule has 5 heterocycles. The highest BCUT2D eigenvalue weighted by atomic mass is 19.1. The zero-order chi connectivity index (χ0) is 29.6. The first-order valence-corrected chi connectivity index (χ1v) is 14.1. The predicted molar refractivity (Wildman–Crippen MR) is 159 cm³/mol. The van der Waals surface area contributed by atoms with Gasteiger partial charge in [-0.2, -0.15) is 0 Å². The molecule has 0 spiro atoms. The van der Waals surface area contributed by atoms with Crippen LogP contribution >= 0.6 is 0 Å². The lowest BCUT2D eigenvalue weighted by Gasteiger charge is -2.35. The van der Waals surface area contributed by atoms with Crippen LogP contribution in [0, 0.1) is 11.2 Å². The third-order valence-electron chi connectivity index (χ3n) is 7.25. The smallest absolute Gasteiger partial charge is 0.235 e. The molecule has 2 aliphatic rings. The summed E-state index contributed by atoms with van der Waals surface area (Å²) in [4.78, 5) is 40.7. The van der Waals surface area contributed by atoms with Crippen molar-refractivity contribution >= 4 is 23.8 Å². The van der Waals surface area contributed by atoms with Gasteiger partial charge in [0.15, 0.2) is 5.82 Å². The number of H-pyrrole nitrogens is 1. The van der Waals surface area contributed by atoms with Crippen LogP contribution in [-0.2, 0) is 14.3 Å². The molecule has 222 valence electrons. The van der Waals surface area contributed by atoms with Crippen molar-refractivity contribution in [2.75, 3.05) is 50.2 Å². The van der Waals surface area contributed by atoms with Crippen LogP contribution in [0.5, 0.6) is 0 Å². The van der Waals surface area contributed by atoms with Gasteiger partial charge in [0, 0.05) is 55.7 Å². The Bertz CT molecular complexity index is 1560. The summed E-state index contributed by atoms with van der Waals surface area (Å²) in [5, 5.41) is 6.17. The second-order valence-corrected chi connectivity index (χ2v) is 10.7. The minimum atomic E-state index is -0.913. The number of carbonyl (C=O) groups is 1. The van der Waals surface area contributed by atoms with E-state index in [0.29, 0.717) is 46.7 Å². The van der Waals surface area contributed by atoms with Crippen LogP contribution < -0.4 is 10.6 Å². The van der Waals surface area contributed by atoms with Gasteiger partial charge in [-0.15, -0.1) is 0 Å². The van der Waals surface area contributed by atoms with Crippen LogP contribution in [0.15, 0.2) is 66.0 Å². The van der Waals surface area contributed by atoms with E-state index in [-0.39, 0.29) is 24.9 Å². The summed E-state index contributed by atoms with van der Waals surface area (Å²) in [5.74, 6) is 0.321. The molecule has 13 heteroatoms. The van der Waals surface area contributed by atoms with Crippen LogP contribution in [0.1, 0.15) is 25.5 Å². The third kappa shape index (κ3) is 6.74. The molecule has 6 rings (SSSR count). The fraction of sp³-hybridized carbons (Fsp3) is 0.333. The van der Waals surface area contributed by atoms with Gasteiger partial charge in [-0.25, -0.2) is 19.3 Å². The van der Waals surface area contributed by atoms with Crippen molar-refractivity contribution in [2.45, 2.75) is 19.6 Å². The Morgan fingerprint density at radius 3 is 2.63 bits per heavy atom. The largest absolute Gasteiger partial charge is 0.354 e. The van der Waals surface area contributed by atoms with Crippen molar-refractivity contribution in [3.05, 3.63) is 72.7 Å². The number of aliphatic imine (C=N–C) groups is 1. The highest BCUT2D eigenvalue weighted by molar-refractivity contribution is 5.95. The molecule has 0 saturated carbocycles. The standard InChI is InChI=1S/C30H32FN9O3/c1-30(28(41)36-22-7-11-32-12-8-22)17-42-27(43-18-30)26-38-24(20-3-5-21(31)6-4-20)25(39-26)23-9-13-35-29(37-23)34-10-2-15-40-16-14-33-19-40/h3-9,11-14,27H,2,10,15-19H2,1H3,(H,38,39)(H,32,36,41)(H,34,35,37). The number of hydrogen-bond donors (Lipinski definition) is 3. The van der Waals surface area contributed by atoms with Gasteiger partial charge in [-0.1, -0.05) is 0 Å². The quantitative estimate of drug-likeness (QED) is 0.236.